The van der Waals surface area contributed by atoms with Crippen LogP contribution >= 0.6 is 0 Å². The molecule has 0 N–H and O–H groups in total. The highest BCUT2D eigenvalue weighted by atomic mass is 16.7. The predicted octanol–water partition coefficient (Wildman–Crippen LogP) is 5.30. The standard InChI is InChI=1S/C29H54N2O6/c1-12-36-30-23(4,5)14-28(15-24(30,6)7)32-18-27(19-33-28)20-34-29(35-21-27)16-25(8,9)31(26(10,11)17-29)37-13-22(2)3/h22H,12-21H2,1-11H3. The first-order valence-corrected chi connectivity index (χ1v) is 14.3. The molecule has 0 aromatic carbocycles. The summed E-state index contributed by atoms with van der Waals surface area (Å²) < 4.78 is 26.6. The van der Waals surface area contributed by atoms with Gasteiger partial charge < -0.3 is 18.9 Å². The van der Waals surface area contributed by atoms with E-state index in [1.54, 1.807) is 0 Å². The van der Waals surface area contributed by atoms with Crippen LogP contribution in [0.15, 0.2) is 0 Å². The molecule has 0 aromatic rings. The molecule has 4 saturated heterocycles. The fourth-order valence-electron chi connectivity index (χ4n) is 7.62. The number of piperidine rings is 2. The molecular formula is C29H54N2O6. The largest absolute Gasteiger partial charge is 0.349 e. The number of rotatable bonds is 5. The topological polar surface area (TPSA) is 61.9 Å². The molecule has 0 unspecified atom stereocenters. The van der Waals surface area contributed by atoms with Gasteiger partial charge in [-0.2, -0.15) is 10.1 Å². The quantitative estimate of drug-likeness (QED) is 0.478. The van der Waals surface area contributed by atoms with Gasteiger partial charge in [0.1, 0.15) is 0 Å². The third-order valence-electron chi connectivity index (χ3n) is 8.37. The summed E-state index contributed by atoms with van der Waals surface area (Å²) in [5.74, 6) is -0.774. The maximum Gasteiger partial charge on any atom is 0.172 e. The minimum Gasteiger partial charge on any atom is -0.349 e. The summed E-state index contributed by atoms with van der Waals surface area (Å²) in [6.07, 6.45) is 3.00. The zero-order valence-electron chi connectivity index (χ0n) is 25.5. The van der Waals surface area contributed by atoms with Crippen LogP contribution in [0.25, 0.3) is 0 Å². The van der Waals surface area contributed by atoms with Gasteiger partial charge in [0.2, 0.25) is 0 Å². The van der Waals surface area contributed by atoms with Crippen molar-refractivity contribution < 1.29 is 28.6 Å². The van der Waals surface area contributed by atoms with Crippen LogP contribution in [0.4, 0.5) is 0 Å². The lowest BCUT2D eigenvalue weighted by molar-refractivity contribution is -0.419. The Morgan fingerprint density at radius 1 is 0.595 bits per heavy atom. The molecule has 37 heavy (non-hydrogen) atoms. The smallest absolute Gasteiger partial charge is 0.172 e. The molecule has 0 radical (unpaired) electrons. The van der Waals surface area contributed by atoms with Crippen LogP contribution in [0.3, 0.4) is 0 Å². The highest BCUT2D eigenvalue weighted by molar-refractivity contribution is 5.06. The SMILES string of the molecule is CCON1C(C)(C)CC2(CC1(C)C)OCC1(CO2)COC2(CC(C)(C)N(OCC(C)C)C(C)(C)C2)OC1. The van der Waals surface area contributed by atoms with Crippen molar-refractivity contribution in [2.75, 3.05) is 39.6 Å². The van der Waals surface area contributed by atoms with E-state index >= 15 is 0 Å². The summed E-state index contributed by atoms with van der Waals surface area (Å²) in [7, 11) is 0. The van der Waals surface area contributed by atoms with Crippen molar-refractivity contribution in [1.82, 2.24) is 10.1 Å². The maximum absolute atomic E-state index is 6.66. The minimum atomic E-state index is -0.627. The van der Waals surface area contributed by atoms with E-state index in [1.807, 2.05) is 6.92 Å². The Morgan fingerprint density at radius 2 is 0.919 bits per heavy atom. The van der Waals surface area contributed by atoms with Crippen molar-refractivity contribution >= 4 is 0 Å². The molecular weight excluding hydrogens is 472 g/mol. The van der Waals surface area contributed by atoms with E-state index in [4.69, 9.17) is 28.6 Å². The summed E-state index contributed by atoms with van der Waals surface area (Å²) in [6, 6.07) is 0. The lowest BCUT2D eigenvalue weighted by Gasteiger charge is -2.62. The van der Waals surface area contributed by atoms with E-state index in [0.29, 0.717) is 45.6 Å². The fourth-order valence-corrected chi connectivity index (χ4v) is 7.62. The predicted molar refractivity (Wildman–Crippen MR) is 143 cm³/mol. The lowest BCUT2D eigenvalue weighted by atomic mass is 9.75. The molecule has 8 heteroatoms. The van der Waals surface area contributed by atoms with E-state index in [2.05, 4.69) is 79.4 Å². The van der Waals surface area contributed by atoms with Crippen molar-refractivity contribution in [1.29, 1.82) is 0 Å². The number of nitrogens with zero attached hydrogens (tertiary/aromatic N) is 2. The first-order chi connectivity index (χ1) is 16.9. The van der Waals surface area contributed by atoms with E-state index < -0.39 is 11.6 Å². The van der Waals surface area contributed by atoms with Crippen LogP contribution in [0.5, 0.6) is 0 Å². The van der Waals surface area contributed by atoms with Gasteiger partial charge in [0.15, 0.2) is 11.6 Å². The molecule has 0 atom stereocenters. The van der Waals surface area contributed by atoms with Crippen LogP contribution in [-0.2, 0) is 28.6 Å². The Labute approximate surface area is 225 Å². The molecule has 4 aliphatic rings. The second-order valence-corrected chi connectivity index (χ2v) is 15.1. The molecule has 4 aliphatic heterocycles. The maximum atomic E-state index is 6.66. The molecule has 8 nitrogen and oxygen atoms in total. The first kappa shape index (κ1) is 29.7. The molecule has 0 saturated carbocycles. The second kappa shape index (κ2) is 9.65. The summed E-state index contributed by atoms with van der Waals surface area (Å²) in [5.41, 5.74) is -1.17. The Hall–Kier alpha value is -0.320. The van der Waals surface area contributed by atoms with E-state index in [0.717, 1.165) is 25.7 Å². The van der Waals surface area contributed by atoms with Crippen molar-refractivity contribution in [3.8, 4) is 0 Å². The third-order valence-corrected chi connectivity index (χ3v) is 8.37. The monoisotopic (exact) mass is 526 g/mol. The molecule has 0 bridgehead atoms. The molecule has 0 aromatic heterocycles. The highest BCUT2D eigenvalue weighted by Gasteiger charge is 2.61. The fraction of sp³-hybridized carbons (Fsp3) is 1.00. The highest BCUT2D eigenvalue weighted by Crippen LogP contribution is 2.52. The van der Waals surface area contributed by atoms with Gasteiger partial charge in [0.05, 0.1) is 45.1 Å². The number of hydroxylamine groups is 4. The van der Waals surface area contributed by atoms with Gasteiger partial charge in [0.25, 0.3) is 0 Å². The number of hydrogen-bond donors (Lipinski definition) is 0. The number of ether oxygens (including phenoxy) is 4. The summed E-state index contributed by atoms with van der Waals surface area (Å²) >= 11 is 0. The van der Waals surface area contributed by atoms with Crippen molar-refractivity contribution in [3.63, 3.8) is 0 Å². The zero-order valence-corrected chi connectivity index (χ0v) is 25.5. The van der Waals surface area contributed by atoms with Crippen LogP contribution in [0, 0.1) is 11.3 Å². The van der Waals surface area contributed by atoms with Gasteiger partial charge in [0, 0.05) is 47.8 Å². The van der Waals surface area contributed by atoms with E-state index in [9.17, 15) is 0 Å². The van der Waals surface area contributed by atoms with E-state index in [1.165, 1.54) is 0 Å². The average molecular weight is 527 g/mol. The molecule has 216 valence electrons. The molecule has 0 amide bonds. The molecule has 0 aliphatic carbocycles. The summed E-state index contributed by atoms with van der Waals surface area (Å²) in [5, 5.41) is 4.32. The van der Waals surface area contributed by atoms with E-state index in [-0.39, 0.29) is 27.6 Å². The molecule has 4 rings (SSSR count). The Bertz CT molecular complexity index is 765. The normalized spacial score (nSPS) is 31.8. The second-order valence-electron chi connectivity index (χ2n) is 15.1. The van der Waals surface area contributed by atoms with Crippen molar-refractivity contribution in [2.45, 2.75) is 136 Å². The van der Waals surface area contributed by atoms with Crippen LogP contribution in [-0.4, -0.2) is 83.5 Å². The summed E-state index contributed by atoms with van der Waals surface area (Å²) in [6.45, 7) is 27.8. The van der Waals surface area contributed by atoms with Crippen LogP contribution < -0.4 is 0 Å². The minimum absolute atomic E-state index is 0.214. The van der Waals surface area contributed by atoms with Crippen molar-refractivity contribution in [3.05, 3.63) is 0 Å². The van der Waals surface area contributed by atoms with Crippen LogP contribution in [0.1, 0.15) is 102 Å². The third kappa shape index (κ3) is 5.78. The summed E-state index contributed by atoms with van der Waals surface area (Å²) in [4.78, 5) is 12.4. The first-order valence-electron chi connectivity index (χ1n) is 14.3. The Morgan fingerprint density at radius 3 is 1.22 bits per heavy atom. The van der Waals surface area contributed by atoms with Gasteiger partial charge in [-0.25, -0.2) is 0 Å². The van der Waals surface area contributed by atoms with Crippen molar-refractivity contribution in [2.24, 2.45) is 11.3 Å². The van der Waals surface area contributed by atoms with Gasteiger partial charge >= 0.3 is 0 Å². The van der Waals surface area contributed by atoms with Gasteiger partial charge in [-0.3, -0.25) is 9.68 Å². The molecule has 4 fully saturated rings. The molecule has 4 heterocycles. The lowest BCUT2D eigenvalue weighted by Crippen LogP contribution is -2.71. The Kier molecular flexibility index (Phi) is 7.74. The van der Waals surface area contributed by atoms with Gasteiger partial charge in [-0.1, -0.05) is 13.8 Å². The van der Waals surface area contributed by atoms with Gasteiger partial charge in [-0.05, 0) is 68.2 Å². The number of hydrogen-bond acceptors (Lipinski definition) is 8. The van der Waals surface area contributed by atoms with Crippen LogP contribution in [0.2, 0.25) is 0 Å². The Balaban J connectivity index is 1.41. The zero-order chi connectivity index (χ0) is 27.5. The molecule has 3 spiro atoms. The van der Waals surface area contributed by atoms with Gasteiger partial charge in [-0.15, -0.1) is 0 Å². The average Bonchev–Trinajstić information content (AvgIpc) is 2.73.